The Labute approximate surface area is 312 Å². The van der Waals surface area contributed by atoms with Crippen LogP contribution < -0.4 is 16.4 Å². The Bertz CT molecular complexity index is 2360. The lowest BCUT2D eigenvalue weighted by molar-refractivity contribution is -0.136. The van der Waals surface area contributed by atoms with E-state index in [9.17, 15) is 28.8 Å². The van der Waals surface area contributed by atoms with E-state index in [0.29, 0.717) is 52.0 Å². The zero-order chi connectivity index (χ0) is 37.5. The third-order valence-corrected chi connectivity index (χ3v) is 10.9. The number of hydrogen-bond donors (Lipinski definition) is 3. The predicted octanol–water partition coefficient (Wildman–Crippen LogP) is 3.87. The Balaban J connectivity index is 0.979. The fraction of sp³-hybridized carbons (Fsp3) is 0.237. The summed E-state index contributed by atoms with van der Waals surface area (Å²) < 4.78 is 1.87. The number of pyridine rings is 1. The molecule has 1 unspecified atom stereocenters. The summed E-state index contributed by atoms with van der Waals surface area (Å²) in [7, 11) is 0. The maximum absolute atomic E-state index is 13.8. The molecule has 0 spiro atoms. The lowest BCUT2D eigenvalue weighted by Gasteiger charge is -2.27. The number of rotatable bonds is 9. The van der Waals surface area contributed by atoms with Gasteiger partial charge in [0.2, 0.25) is 17.7 Å². The molecule has 0 aliphatic carbocycles. The van der Waals surface area contributed by atoms with Gasteiger partial charge in [-0.05, 0) is 55.7 Å². The zero-order valence-electron chi connectivity index (χ0n) is 28.7. The van der Waals surface area contributed by atoms with Gasteiger partial charge in [0, 0.05) is 59.8 Å². The lowest BCUT2D eigenvalue weighted by Crippen LogP contribution is -2.54. The monoisotopic (exact) mass is 743 g/mol. The maximum Gasteiger partial charge on any atom is 0.263 e. The average Bonchev–Trinajstić information content (AvgIpc) is 3.88. The number of nitrogen functional groups attached to an aromatic ring is 1. The largest absolute Gasteiger partial charge is 0.382 e. The van der Waals surface area contributed by atoms with E-state index in [-0.39, 0.29) is 54.1 Å². The lowest BCUT2D eigenvalue weighted by atomic mass is 10.0. The molecular formula is C38H33N9O6S. The number of benzene rings is 2. The summed E-state index contributed by atoms with van der Waals surface area (Å²) in [5, 5.41) is 4.99. The van der Waals surface area contributed by atoms with Crippen LogP contribution in [0.15, 0.2) is 84.1 Å². The molecular weight excluding hydrogens is 711 g/mol. The van der Waals surface area contributed by atoms with Gasteiger partial charge in [0.25, 0.3) is 17.7 Å². The van der Waals surface area contributed by atoms with Crippen molar-refractivity contribution in [1.29, 1.82) is 0 Å². The Morgan fingerprint density at radius 1 is 0.926 bits per heavy atom. The molecule has 8 rings (SSSR count). The van der Waals surface area contributed by atoms with Gasteiger partial charge in [-0.2, -0.15) is 0 Å². The van der Waals surface area contributed by atoms with Gasteiger partial charge in [-0.15, -0.1) is 11.8 Å². The topological polar surface area (TPSA) is 202 Å². The molecule has 4 N–H and O–H groups in total. The van der Waals surface area contributed by atoms with Gasteiger partial charge in [0.05, 0.1) is 17.2 Å². The van der Waals surface area contributed by atoms with Crippen molar-refractivity contribution >= 4 is 64.4 Å². The van der Waals surface area contributed by atoms with Crippen molar-refractivity contribution in [3.05, 3.63) is 102 Å². The fourth-order valence-corrected chi connectivity index (χ4v) is 8.27. The number of carbonyl (C=O) groups is 6. The van der Waals surface area contributed by atoms with Crippen molar-refractivity contribution in [3.63, 3.8) is 0 Å². The summed E-state index contributed by atoms with van der Waals surface area (Å²) in [5.74, 6) is -0.971. The Morgan fingerprint density at radius 3 is 2.54 bits per heavy atom. The number of hydrogen-bond acceptors (Lipinski definition) is 11. The number of nitrogens with one attached hydrogen (secondary N) is 2. The van der Waals surface area contributed by atoms with Crippen LogP contribution in [-0.4, -0.2) is 82.9 Å². The summed E-state index contributed by atoms with van der Waals surface area (Å²) in [6.45, 7) is 0.535. The van der Waals surface area contributed by atoms with Crippen LogP contribution >= 0.6 is 11.8 Å². The minimum atomic E-state index is -1.06. The molecule has 0 saturated carbocycles. The van der Waals surface area contributed by atoms with E-state index in [1.807, 2.05) is 9.30 Å². The van der Waals surface area contributed by atoms with E-state index in [0.717, 1.165) is 16.9 Å². The Hall–Kier alpha value is -6.42. The van der Waals surface area contributed by atoms with E-state index in [4.69, 9.17) is 10.7 Å². The normalized spacial score (nSPS) is 18.3. The molecule has 3 aromatic heterocycles. The minimum Gasteiger partial charge on any atom is -0.382 e. The van der Waals surface area contributed by atoms with E-state index in [2.05, 4.69) is 20.6 Å². The average molecular weight is 744 g/mol. The smallest absolute Gasteiger partial charge is 0.263 e. The Kier molecular flexibility index (Phi) is 9.11. The summed E-state index contributed by atoms with van der Waals surface area (Å²) >= 11 is 1.30. The standard InChI is InChI=1S/C38H33N9O6S/c39-33-32-31(21-9-11-22(12-10-21)35(50)42-27-8-1-2-16-40-27)44-34(46(32)19-17-41-33)24-6-4-18-45(24)29(49)15-20-54-26-7-3-5-23-30(26)38(53)47(37(23)52)25-13-14-28(48)43-36(25)51/h1-3,5,7-12,16-17,19,24-25H,4,6,13-15,18,20H2,(H2,39,41)(H,40,42,50)(H,43,48,51)/t24-,25?/m0/s1. The molecule has 2 atom stereocenters. The van der Waals surface area contributed by atoms with Gasteiger partial charge < -0.3 is 16.0 Å². The van der Waals surface area contributed by atoms with Gasteiger partial charge in [-0.1, -0.05) is 24.3 Å². The molecule has 16 heteroatoms. The van der Waals surface area contributed by atoms with Crippen LogP contribution in [0, 0.1) is 0 Å². The molecule has 5 aromatic rings. The highest BCUT2D eigenvalue weighted by Crippen LogP contribution is 2.38. The van der Waals surface area contributed by atoms with E-state index in [1.54, 1.807) is 79.3 Å². The van der Waals surface area contributed by atoms with Gasteiger partial charge in [0.1, 0.15) is 34.7 Å². The van der Waals surface area contributed by atoms with Crippen molar-refractivity contribution in [2.24, 2.45) is 0 Å². The molecule has 6 amide bonds. The van der Waals surface area contributed by atoms with Crippen molar-refractivity contribution in [3.8, 4) is 11.3 Å². The summed E-state index contributed by atoms with van der Waals surface area (Å²) in [6.07, 6.45) is 6.68. The van der Waals surface area contributed by atoms with Gasteiger partial charge in [0.15, 0.2) is 0 Å². The molecule has 0 bridgehead atoms. The quantitative estimate of drug-likeness (QED) is 0.146. The molecule has 2 aromatic carbocycles. The second-order valence-electron chi connectivity index (χ2n) is 13.1. The molecule has 272 valence electrons. The number of likely N-dealkylation sites (tertiary alicyclic amines) is 1. The molecule has 0 radical (unpaired) electrons. The third-order valence-electron chi connectivity index (χ3n) is 9.81. The second kappa shape index (κ2) is 14.2. The predicted molar refractivity (Wildman–Crippen MR) is 197 cm³/mol. The van der Waals surface area contributed by atoms with Gasteiger partial charge in [-0.3, -0.25) is 43.4 Å². The number of nitrogens with two attached hydrogens (primary N) is 1. The summed E-state index contributed by atoms with van der Waals surface area (Å²) in [4.78, 5) is 94.4. The summed E-state index contributed by atoms with van der Waals surface area (Å²) in [5.41, 5.74) is 9.12. The number of anilines is 2. The van der Waals surface area contributed by atoms with Crippen LogP contribution in [0.3, 0.4) is 0 Å². The number of nitrogens with zero attached hydrogens (tertiary/aromatic N) is 6. The van der Waals surface area contributed by atoms with Crippen LogP contribution in [0.2, 0.25) is 0 Å². The number of aromatic nitrogens is 4. The van der Waals surface area contributed by atoms with Crippen LogP contribution in [0.4, 0.5) is 11.6 Å². The van der Waals surface area contributed by atoms with E-state index in [1.165, 1.54) is 11.8 Å². The number of thioether (sulfide) groups is 1. The molecule has 2 saturated heterocycles. The van der Waals surface area contributed by atoms with Crippen molar-refractivity contribution in [2.75, 3.05) is 23.3 Å². The minimum absolute atomic E-state index is 0.0339. The molecule has 3 aliphatic rings. The molecule has 2 fully saturated rings. The Morgan fingerprint density at radius 2 is 1.76 bits per heavy atom. The SMILES string of the molecule is Nc1nccn2c([C@@H]3CCCN3C(=O)CCSc3cccc4c3C(=O)N(C3CCC(=O)NC3=O)C4=O)nc(-c3ccc(C(=O)Nc4ccccn4)cc3)c12. The number of carbonyl (C=O) groups excluding carboxylic acids is 6. The molecule has 3 aliphatic heterocycles. The number of amides is 6. The highest BCUT2D eigenvalue weighted by molar-refractivity contribution is 7.99. The fourth-order valence-electron chi connectivity index (χ4n) is 7.26. The van der Waals surface area contributed by atoms with Crippen LogP contribution in [0.25, 0.3) is 16.8 Å². The van der Waals surface area contributed by atoms with Crippen molar-refractivity contribution in [1.82, 2.24) is 34.5 Å². The van der Waals surface area contributed by atoms with Crippen molar-refractivity contribution in [2.45, 2.75) is 49.1 Å². The first-order chi connectivity index (χ1) is 26.2. The maximum atomic E-state index is 13.8. The molecule has 15 nitrogen and oxygen atoms in total. The molecule has 6 heterocycles. The van der Waals surface area contributed by atoms with Gasteiger partial charge >= 0.3 is 0 Å². The zero-order valence-corrected chi connectivity index (χ0v) is 29.5. The first-order valence-electron chi connectivity index (χ1n) is 17.4. The number of fused-ring (bicyclic) bond motifs is 2. The second-order valence-corrected chi connectivity index (χ2v) is 14.2. The highest BCUT2D eigenvalue weighted by Gasteiger charge is 2.45. The number of imidazole rings is 1. The first kappa shape index (κ1) is 34.7. The number of piperidine rings is 1. The van der Waals surface area contributed by atoms with Crippen LogP contribution in [-0.2, 0) is 14.4 Å². The molecule has 54 heavy (non-hydrogen) atoms. The highest BCUT2D eigenvalue weighted by atomic mass is 32.2. The first-order valence-corrected chi connectivity index (χ1v) is 18.4. The third kappa shape index (κ3) is 6.23. The van der Waals surface area contributed by atoms with Crippen molar-refractivity contribution < 1.29 is 28.8 Å². The number of imide groups is 2. The van der Waals surface area contributed by atoms with Crippen LogP contribution in [0.5, 0.6) is 0 Å². The summed E-state index contributed by atoms with van der Waals surface area (Å²) in [6, 6.07) is 15.8. The van der Waals surface area contributed by atoms with E-state index >= 15 is 0 Å². The van der Waals surface area contributed by atoms with E-state index < -0.39 is 29.7 Å². The van der Waals surface area contributed by atoms with Crippen LogP contribution in [0.1, 0.15) is 75.0 Å². The van der Waals surface area contributed by atoms with Gasteiger partial charge in [-0.25, -0.2) is 15.0 Å².